The smallest absolute Gasteiger partial charge is 0.200 e. The molecule has 186 valence electrons. The highest BCUT2D eigenvalue weighted by Crippen LogP contribution is 2.39. The second-order valence-electron chi connectivity index (χ2n) is 8.75. The van der Waals surface area contributed by atoms with E-state index >= 15 is 0 Å². The van der Waals surface area contributed by atoms with E-state index in [-0.39, 0.29) is 11.5 Å². The van der Waals surface area contributed by atoms with E-state index in [0.717, 1.165) is 22.6 Å². The van der Waals surface area contributed by atoms with Crippen LogP contribution in [0.15, 0.2) is 34.5 Å². The van der Waals surface area contributed by atoms with Gasteiger partial charge in [0.05, 0.1) is 39.9 Å². The summed E-state index contributed by atoms with van der Waals surface area (Å²) in [4.78, 5) is 0. The van der Waals surface area contributed by atoms with E-state index in [1.807, 2.05) is 0 Å². The van der Waals surface area contributed by atoms with Crippen LogP contribution in [-0.2, 0) is 0 Å². The average Bonchev–Trinajstić information content (AvgIpc) is 2.80. The summed E-state index contributed by atoms with van der Waals surface area (Å²) < 4.78 is 21.3. The summed E-state index contributed by atoms with van der Waals surface area (Å²) in [5.41, 5.74) is 2.94. The molecule has 34 heavy (non-hydrogen) atoms. The highest BCUT2D eigenvalue weighted by atomic mass is 16.5. The van der Waals surface area contributed by atoms with Crippen LogP contribution < -0.4 is 18.9 Å². The summed E-state index contributed by atoms with van der Waals surface area (Å²) in [6, 6.07) is 6.90. The Labute approximate surface area is 201 Å². The van der Waals surface area contributed by atoms with Crippen molar-refractivity contribution in [2.24, 2.45) is 22.0 Å². The third-order valence-electron chi connectivity index (χ3n) is 5.12. The third kappa shape index (κ3) is 6.56. The molecule has 0 heterocycles. The molecule has 0 bridgehead atoms. The number of phenolic OH excluding ortho intramolecular Hbond substituents is 2. The number of nitrogens with zero attached hydrogens (tertiary/aromatic N) is 2. The lowest BCUT2D eigenvalue weighted by Gasteiger charge is -2.15. The first-order chi connectivity index (χ1) is 16.1. The first-order valence-electron chi connectivity index (χ1n) is 11.2. The van der Waals surface area contributed by atoms with Gasteiger partial charge in [-0.05, 0) is 48.9 Å². The molecule has 0 unspecified atom stereocenters. The van der Waals surface area contributed by atoms with E-state index in [1.54, 1.807) is 24.3 Å². The molecule has 8 nitrogen and oxygen atoms in total. The van der Waals surface area contributed by atoms with Gasteiger partial charge in [-0.3, -0.25) is 0 Å². The van der Waals surface area contributed by atoms with Crippen LogP contribution in [0.2, 0.25) is 0 Å². The summed E-state index contributed by atoms with van der Waals surface area (Å²) in [7, 11) is 5.95. The van der Waals surface area contributed by atoms with E-state index in [4.69, 9.17) is 18.9 Å². The molecule has 0 radical (unpaired) electrons. The fourth-order valence-electron chi connectivity index (χ4n) is 3.45. The fraction of sp³-hybridized carbons (Fsp3) is 0.462. The maximum absolute atomic E-state index is 10.3. The van der Waals surface area contributed by atoms with E-state index in [2.05, 4.69) is 37.9 Å². The highest BCUT2D eigenvalue weighted by Gasteiger charge is 2.18. The molecule has 0 aliphatic heterocycles. The number of phenols is 2. The van der Waals surface area contributed by atoms with E-state index in [9.17, 15) is 10.2 Å². The molecule has 0 aliphatic rings. The largest absolute Gasteiger partial charge is 0.502 e. The Morgan fingerprint density at radius 3 is 1.09 bits per heavy atom. The Kier molecular flexibility index (Phi) is 9.59. The van der Waals surface area contributed by atoms with Crippen molar-refractivity contribution in [3.05, 3.63) is 35.4 Å². The van der Waals surface area contributed by atoms with Gasteiger partial charge in [-0.1, -0.05) is 27.7 Å². The summed E-state index contributed by atoms with van der Waals surface area (Å²) in [6.45, 7) is 8.38. The number of aromatic hydroxyl groups is 2. The molecule has 2 aromatic carbocycles. The van der Waals surface area contributed by atoms with Crippen molar-refractivity contribution in [2.75, 3.05) is 28.4 Å². The van der Waals surface area contributed by atoms with Gasteiger partial charge in [0.1, 0.15) is 0 Å². The second kappa shape index (κ2) is 12.2. The van der Waals surface area contributed by atoms with Crippen LogP contribution in [0.4, 0.5) is 0 Å². The Morgan fingerprint density at radius 1 is 0.618 bits per heavy atom. The SMILES string of the molecule is COc1cc(/C(CC(C)C)=N/N=C(\CC(C)C)c2cc(OC)c(O)c(OC)c2)cc(OC)c1O. The molecule has 2 N–H and O–H groups in total. The molecule has 0 atom stereocenters. The first kappa shape index (κ1) is 26.8. The van der Waals surface area contributed by atoms with Gasteiger partial charge in [-0.15, -0.1) is 0 Å². The molecule has 0 saturated heterocycles. The number of ether oxygens (including phenoxy) is 4. The van der Waals surface area contributed by atoms with Gasteiger partial charge in [0.2, 0.25) is 11.5 Å². The highest BCUT2D eigenvalue weighted by molar-refractivity contribution is 6.04. The summed E-state index contributed by atoms with van der Waals surface area (Å²) in [5, 5.41) is 29.9. The number of rotatable bonds is 11. The number of hydrogen-bond donors (Lipinski definition) is 2. The van der Waals surface area contributed by atoms with Crippen LogP contribution in [0.5, 0.6) is 34.5 Å². The minimum atomic E-state index is -0.0649. The molecule has 8 heteroatoms. The van der Waals surface area contributed by atoms with Gasteiger partial charge in [0.25, 0.3) is 0 Å². The summed E-state index contributed by atoms with van der Waals surface area (Å²) >= 11 is 0. The average molecular weight is 473 g/mol. The van der Waals surface area contributed by atoms with Crippen LogP contribution in [0.1, 0.15) is 51.7 Å². The minimum absolute atomic E-state index is 0.0649. The van der Waals surface area contributed by atoms with E-state index < -0.39 is 0 Å². The fourth-order valence-corrected chi connectivity index (χ4v) is 3.45. The molecular weight excluding hydrogens is 436 g/mol. The van der Waals surface area contributed by atoms with Crippen LogP contribution in [0.25, 0.3) is 0 Å². The number of methoxy groups -OCH3 is 4. The lowest BCUT2D eigenvalue weighted by Crippen LogP contribution is -2.09. The zero-order valence-electron chi connectivity index (χ0n) is 21.3. The molecule has 0 saturated carbocycles. The minimum Gasteiger partial charge on any atom is -0.502 e. The van der Waals surface area contributed by atoms with Crippen LogP contribution in [0.3, 0.4) is 0 Å². The van der Waals surface area contributed by atoms with Crippen molar-refractivity contribution < 1.29 is 29.2 Å². The van der Waals surface area contributed by atoms with Crippen molar-refractivity contribution in [1.82, 2.24) is 0 Å². The molecular formula is C26H36N2O6. The maximum Gasteiger partial charge on any atom is 0.200 e. The molecule has 0 aromatic heterocycles. The number of hydrogen-bond acceptors (Lipinski definition) is 8. The van der Waals surface area contributed by atoms with E-state index in [1.165, 1.54) is 28.4 Å². The standard InChI is InChI=1S/C26H36N2O6/c1-15(2)9-19(17-11-21(31-5)25(29)22(12-17)32-6)27-28-20(10-16(3)4)18-13-23(33-7)26(30)24(14-18)34-8/h11-16,29-30H,9-10H2,1-8H3/b27-19+,28-20+. The first-order valence-corrected chi connectivity index (χ1v) is 11.2. The lowest BCUT2D eigenvalue weighted by molar-refractivity contribution is 0.339. The summed E-state index contributed by atoms with van der Waals surface area (Å²) in [5.74, 6) is 1.67. The predicted molar refractivity (Wildman–Crippen MR) is 134 cm³/mol. The predicted octanol–water partition coefficient (Wildman–Crippen LogP) is 5.42. The molecule has 0 spiro atoms. The van der Waals surface area contributed by atoms with Crippen molar-refractivity contribution in [2.45, 2.75) is 40.5 Å². The monoisotopic (exact) mass is 472 g/mol. The molecule has 0 aliphatic carbocycles. The van der Waals surface area contributed by atoms with Gasteiger partial charge in [-0.2, -0.15) is 10.2 Å². The van der Waals surface area contributed by atoms with Gasteiger partial charge < -0.3 is 29.2 Å². The third-order valence-corrected chi connectivity index (χ3v) is 5.12. The second-order valence-corrected chi connectivity index (χ2v) is 8.75. The zero-order valence-corrected chi connectivity index (χ0v) is 21.3. The van der Waals surface area contributed by atoms with Crippen molar-refractivity contribution in [1.29, 1.82) is 0 Å². The van der Waals surface area contributed by atoms with Crippen LogP contribution >= 0.6 is 0 Å². The van der Waals surface area contributed by atoms with Crippen molar-refractivity contribution in [3.63, 3.8) is 0 Å². The van der Waals surface area contributed by atoms with Crippen LogP contribution in [-0.4, -0.2) is 50.1 Å². The number of benzene rings is 2. The Morgan fingerprint density at radius 2 is 0.882 bits per heavy atom. The Hall–Kier alpha value is -3.42. The van der Waals surface area contributed by atoms with Crippen LogP contribution in [0, 0.1) is 11.8 Å². The quantitative estimate of drug-likeness (QED) is 0.335. The summed E-state index contributed by atoms with van der Waals surface area (Å²) in [6.07, 6.45) is 1.30. The Balaban J connectivity index is 2.69. The van der Waals surface area contributed by atoms with Gasteiger partial charge in [-0.25, -0.2) is 0 Å². The molecule has 2 rings (SSSR count). The van der Waals surface area contributed by atoms with Crippen molar-refractivity contribution >= 4 is 11.4 Å². The molecule has 2 aromatic rings. The molecule has 0 fully saturated rings. The topological polar surface area (TPSA) is 102 Å². The normalized spacial score (nSPS) is 12.3. The van der Waals surface area contributed by atoms with Gasteiger partial charge >= 0.3 is 0 Å². The molecule has 0 amide bonds. The zero-order chi connectivity index (χ0) is 25.4. The van der Waals surface area contributed by atoms with Gasteiger partial charge in [0.15, 0.2) is 23.0 Å². The maximum atomic E-state index is 10.3. The Bertz CT molecular complexity index is 910. The van der Waals surface area contributed by atoms with E-state index in [0.29, 0.717) is 47.7 Å². The van der Waals surface area contributed by atoms with Gasteiger partial charge in [0, 0.05) is 11.1 Å². The van der Waals surface area contributed by atoms with Crippen molar-refractivity contribution in [3.8, 4) is 34.5 Å². The lowest BCUT2D eigenvalue weighted by atomic mass is 9.99.